The fraction of sp³-hybridized carbons (Fsp3) is 0.238. The Morgan fingerprint density at radius 2 is 1.93 bits per heavy atom. The van der Waals surface area contributed by atoms with E-state index in [0.717, 1.165) is 17.0 Å². The van der Waals surface area contributed by atoms with Crippen molar-refractivity contribution >= 4 is 23.4 Å². The van der Waals surface area contributed by atoms with Crippen molar-refractivity contribution in [1.29, 1.82) is 5.26 Å². The molecule has 7 nitrogen and oxygen atoms in total. The standard InChI is InChI=1S/C21H20N4O3S/c1-15(20(26)25(14-6-13-22)17-7-4-3-5-8-17)29-21-24-23-19(28-21)16-9-11-18(27-2)12-10-16/h3-5,7-12,15H,6,14H2,1-2H3. The second kappa shape index (κ2) is 9.75. The Morgan fingerprint density at radius 1 is 1.21 bits per heavy atom. The summed E-state index contributed by atoms with van der Waals surface area (Å²) in [5.74, 6) is 0.986. The van der Waals surface area contributed by atoms with Gasteiger partial charge in [-0.05, 0) is 43.3 Å². The van der Waals surface area contributed by atoms with Gasteiger partial charge in [0.25, 0.3) is 5.22 Å². The highest BCUT2D eigenvalue weighted by atomic mass is 32.2. The quantitative estimate of drug-likeness (QED) is 0.516. The Morgan fingerprint density at radius 3 is 2.59 bits per heavy atom. The van der Waals surface area contributed by atoms with E-state index in [-0.39, 0.29) is 12.3 Å². The Hall–Kier alpha value is -3.31. The van der Waals surface area contributed by atoms with E-state index < -0.39 is 5.25 Å². The van der Waals surface area contributed by atoms with E-state index in [2.05, 4.69) is 16.3 Å². The molecule has 0 aliphatic heterocycles. The summed E-state index contributed by atoms with van der Waals surface area (Å²) in [5, 5.41) is 16.9. The average Bonchev–Trinajstić information content (AvgIpc) is 3.23. The third kappa shape index (κ3) is 5.15. The van der Waals surface area contributed by atoms with Crippen molar-refractivity contribution in [3.05, 3.63) is 54.6 Å². The van der Waals surface area contributed by atoms with Gasteiger partial charge >= 0.3 is 0 Å². The SMILES string of the molecule is COc1ccc(-c2nnc(SC(C)C(=O)N(CCC#N)c3ccccc3)o2)cc1. The van der Waals surface area contributed by atoms with Gasteiger partial charge in [0.2, 0.25) is 11.8 Å². The topological polar surface area (TPSA) is 92.3 Å². The zero-order valence-corrected chi connectivity index (χ0v) is 16.9. The first-order valence-corrected chi connectivity index (χ1v) is 9.88. The molecule has 3 rings (SSSR count). The third-order valence-electron chi connectivity index (χ3n) is 4.15. The van der Waals surface area contributed by atoms with Crippen molar-refractivity contribution in [3.8, 4) is 23.3 Å². The number of nitrogens with zero attached hydrogens (tertiary/aromatic N) is 4. The summed E-state index contributed by atoms with van der Waals surface area (Å²) in [6.07, 6.45) is 0.250. The summed E-state index contributed by atoms with van der Waals surface area (Å²) in [7, 11) is 1.60. The average molecular weight is 408 g/mol. The van der Waals surface area contributed by atoms with Crippen LogP contribution >= 0.6 is 11.8 Å². The van der Waals surface area contributed by atoms with Gasteiger partial charge in [-0.2, -0.15) is 5.26 Å². The van der Waals surface area contributed by atoms with E-state index >= 15 is 0 Å². The lowest BCUT2D eigenvalue weighted by atomic mass is 10.2. The molecule has 0 aliphatic carbocycles. The van der Waals surface area contributed by atoms with E-state index in [1.807, 2.05) is 54.6 Å². The van der Waals surface area contributed by atoms with Crippen LogP contribution in [0.2, 0.25) is 0 Å². The van der Waals surface area contributed by atoms with Crippen LogP contribution in [0.4, 0.5) is 5.69 Å². The maximum absolute atomic E-state index is 13.0. The van der Waals surface area contributed by atoms with Crippen LogP contribution in [-0.2, 0) is 4.79 Å². The van der Waals surface area contributed by atoms with Crippen molar-refractivity contribution < 1.29 is 13.9 Å². The summed E-state index contributed by atoms with van der Waals surface area (Å²) in [5.41, 5.74) is 1.52. The highest BCUT2D eigenvalue weighted by molar-refractivity contribution is 8.00. The second-order valence-corrected chi connectivity index (χ2v) is 7.39. The Balaban J connectivity index is 1.71. The van der Waals surface area contributed by atoms with Crippen molar-refractivity contribution in [3.63, 3.8) is 0 Å². The van der Waals surface area contributed by atoms with Crippen LogP contribution in [0.15, 0.2) is 64.2 Å². The predicted molar refractivity (Wildman–Crippen MR) is 111 cm³/mol. The van der Waals surface area contributed by atoms with Crippen LogP contribution in [-0.4, -0.2) is 35.0 Å². The molecule has 0 N–H and O–H groups in total. The molecular weight excluding hydrogens is 388 g/mol. The number of nitriles is 1. The van der Waals surface area contributed by atoms with Crippen molar-refractivity contribution in [1.82, 2.24) is 10.2 Å². The first kappa shape index (κ1) is 20.4. The van der Waals surface area contributed by atoms with Gasteiger partial charge in [0.15, 0.2) is 0 Å². The molecule has 29 heavy (non-hydrogen) atoms. The number of hydrogen-bond acceptors (Lipinski definition) is 7. The minimum atomic E-state index is -0.460. The number of thioether (sulfide) groups is 1. The number of methoxy groups -OCH3 is 1. The van der Waals surface area contributed by atoms with Gasteiger partial charge in [0, 0.05) is 17.8 Å². The first-order chi connectivity index (χ1) is 14.1. The minimum absolute atomic E-state index is 0.124. The Labute approximate surface area is 173 Å². The summed E-state index contributed by atoms with van der Waals surface area (Å²) in [6, 6.07) is 18.7. The second-order valence-electron chi connectivity index (χ2n) is 6.10. The molecule has 1 heterocycles. The molecule has 148 valence electrons. The lowest BCUT2D eigenvalue weighted by Crippen LogP contribution is -2.37. The van der Waals surface area contributed by atoms with Gasteiger partial charge in [0.05, 0.1) is 24.8 Å². The van der Waals surface area contributed by atoms with Crippen LogP contribution in [0.25, 0.3) is 11.5 Å². The lowest BCUT2D eigenvalue weighted by Gasteiger charge is -2.24. The largest absolute Gasteiger partial charge is 0.497 e. The molecule has 0 saturated heterocycles. The highest BCUT2D eigenvalue weighted by Crippen LogP contribution is 2.29. The molecule has 0 aliphatic rings. The van der Waals surface area contributed by atoms with Gasteiger partial charge in [0.1, 0.15) is 5.75 Å². The van der Waals surface area contributed by atoms with Gasteiger partial charge in [-0.3, -0.25) is 4.79 Å². The molecular formula is C21H20N4O3S. The number of carbonyl (C=O) groups is 1. The van der Waals surface area contributed by atoms with Crippen molar-refractivity contribution in [2.45, 2.75) is 23.8 Å². The number of anilines is 1. The first-order valence-electron chi connectivity index (χ1n) is 9.00. The number of para-hydroxylation sites is 1. The highest BCUT2D eigenvalue weighted by Gasteiger charge is 2.25. The fourth-order valence-corrected chi connectivity index (χ4v) is 3.41. The molecule has 2 aromatic carbocycles. The van der Waals surface area contributed by atoms with Crippen molar-refractivity contribution in [2.75, 3.05) is 18.6 Å². The Bertz CT molecular complexity index is 983. The summed E-state index contributed by atoms with van der Waals surface area (Å²) in [6.45, 7) is 2.11. The van der Waals surface area contributed by atoms with Crippen LogP contribution in [0.1, 0.15) is 13.3 Å². The zero-order valence-electron chi connectivity index (χ0n) is 16.1. The number of ether oxygens (including phenoxy) is 1. The Kier molecular flexibility index (Phi) is 6.87. The summed E-state index contributed by atoms with van der Waals surface area (Å²) < 4.78 is 10.9. The minimum Gasteiger partial charge on any atom is -0.497 e. The van der Waals surface area contributed by atoms with E-state index in [1.54, 1.807) is 18.9 Å². The monoisotopic (exact) mass is 408 g/mol. The molecule has 1 atom stereocenters. The molecule has 0 saturated carbocycles. The van der Waals surface area contributed by atoms with Gasteiger partial charge in [-0.15, -0.1) is 10.2 Å². The van der Waals surface area contributed by atoms with E-state index in [1.165, 1.54) is 11.8 Å². The maximum Gasteiger partial charge on any atom is 0.277 e. The molecule has 3 aromatic rings. The number of amides is 1. The zero-order chi connectivity index (χ0) is 20.6. The number of aromatic nitrogens is 2. The number of benzene rings is 2. The summed E-state index contributed by atoms with van der Waals surface area (Å²) >= 11 is 1.19. The van der Waals surface area contributed by atoms with Crippen LogP contribution in [0.3, 0.4) is 0 Å². The van der Waals surface area contributed by atoms with Crippen molar-refractivity contribution in [2.24, 2.45) is 0 Å². The van der Waals surface area contributed by atoms with Gasteiger partial charge in [-0.25, -0.2) is 0 Å². The molecule has 0 fully saturated rings. The van der Waals surface area contributed by atoms with Gasteiger partial charge in [-0.1, -0.05) is 30.0 Å². The molecule has 1 aromatic heterocycles. The van der Waals surface area contributed by atoms with Gasteiger partial charge < -0.3 is 14.1 Å². The number of carbonyl (C=O) groups excluding carboxylic acids is 1. The molecule has 1 unspecified atom stereocenters. The third-order valence-corrected chi connectivity index (χ3v) is 5.07. The van der Waals surface area contributed by atoms with E-state index in [9.17, 15) is 4.79 Å². The normalized spacial score (nSPS) is 11.5. The van der Waals surface area contributed by atoms with E-state index in [4.69, 9.17) is 14.4 Å². The van der Waals surface area contributed by atoms with Crippen LogP contribution < -0.4 is 9.64 Å². The predicted octanol–water partition coefficient (Wildman–Crippen LogP) is 4.17. The summed E-state index contributed by atoms with van der Waals surface area (Å²) in [4.78, 5) is 14.6. The smallest absolute Gasteiger partial charge is 0.277 e. The molecule has 0 radical (unpaired) electrons. The molecule has 8 heteroatoms. The fourth-order valence-electron chi connectivity index (χ4n) is 2.67. The maximum atomic E-state index is 13.0. The number of rotatable bonds is 8. The molecule has 0 spiro atoms. The molecule has 0 bridgehead atoms. The lowest BCUT2D eigenvalue weighted by molar-refractivity contribution is -0.117. The van der Waals surface area contributed by atoms with Crippen LogP contribution in [0.5, 0.6) is 5.75 Å². The number of hydrogen-bond donors (Lipinski definition) is 0. The molecule has 1 amide bonds. The van der Waals surface area contributed by atoms with E-state index in [0.29, 0.717) is 17.7 Å². The van der Waals surface area contributed by atoms with Crippen LogP contribution in [0, 0.1) is 11.3 Å².